The van der Waals surface area contributed by atoms with Gasteiger partial charge in [-0.25, -0.2) is 8.78 Å². The Morgan fingerprint density at radius 2 is 1.69 bits per heavy atom. The lowest BCUT2D eigenvalue weighted by atomic mass is 10.1. The zero-order valence-corrected chi connectivity index (χ0v) is 8.41. The van der Waals surface area contributed by atoms with Crippen LogP contribution < -0.4 is 0 Å². The smallest absolute Gasteiger partial charge is 0.205 e. The van der Waals surface area contributed by atoms with Crippen molar-refractivity contribution in [3.05, 3.63) is 34.9 Å². The van der Waals surface area contributed by atoms with Gasteiger partial charge in [0.1, 0.15) is 5.38 Å². The summed E-state index contributed by atoms with van der Waals surface area (Å²) < 4.78 is 25.5. The van der Waals surface area contributed by atoms with Gasteiger partial charge in [0.25, 0.3) is 5.92 Å². The minimum Gasteiger partial charge on any atom is -0.205 e. The third kappa shape index (κ3) is 2.82. The van der Waals surface area contributed by atoms with Gasteiger partial charge in [-0.3, -0.25) is 0 Å². The minimum atomic E-state index is -2.92. The highest BCUT2D eigenvalue weighted by molar-refractivity contribution is 6.30. The van der Waals surface area contributed by atoms with Gasteiger partial charge in [-0.05, 0) is 17.7 Å². The van der Waals surface area contributed by atoms with E-state index in [1.54, 1.807) is 0 Å². The van der Waals surface area contributed by atoms with Gasteiger partial charge in [0.15, 0.2) is 0 Å². The monoisotopic (exact) mass is 224 g/mol. The van der Waals surface area contributed by atoms with Crippen molar-refractivity contribution in [2.45, 2.75) is 18.2 Å². The van der Waals surface area contributed by atoms with Crippen molar-refractivity contribution in [3.8, 4) is 0 Å². The number of hydrogen-bond donors (Lipinski definition) is 0. The van der Waals surface area contributed by atoms with Gasteiger partial charge in [0.05, 0.1) is 0 Å². The molecule has 0 nitrogen and oxygen atoms in total. The average Bonchev–Trinajstić information content (AvgIpc) is 2.03. The van der Waals surface area contributed by atoms with Gasteiger partial charge >= 0.3 is 0 Å². The normalized spacial score (nSPS) is 14.2. The van der Waals surface area contributed by atoms with Crippen molar-refractivity contribution in [2.24, 2.45) is 0 Å². The standard InChI is InChI=1S/C9H8Cl2F2/c1-9(12,13)8(11)6-2-4-7(10)5-3-6/h2-5,8H,1H3. The molecule has 0 N–H and O–H groups in total. The fourth-order valence-corrected chi connectivity index (χ4v) is 1.20. The van der Waals surface area contributed by atoms with Gasteiger partial charge in [-0.2, -0.15) is 0 Å². The Bertz CT molecular complexity index is 277. The summed E-state index contributed by atoms with van der Waals surface area (Å²) in [6.45, 7) is 0.791. The molecule has 1 rings (SSSR count). The third-order valence-electron chi connectivity index (χ3n) is 1.61. The Morgan fingerprint density at radius 1 is 1.23 bits per heavy atom. The first-order valence-corrected chi connectivity index (χ1v) is 4.50. The molecule has 4 heteroatoms. The second-order valence-corrected chi connectivity index (χ2v) is 3.74. The number of benzene rings is 1. The summed E-state index contributed by atoms with van der Waals surface area (Å²) in [7, 11) is 0. The van der Waals surface area contributed by atoms with Crippen LogP contribution >= 0.6 is 23.2 Å². The quantitative estimate of drug-likeness (QED) is 0.659. The molecular formula is C9H8Cl2F2. The fraction of sp³-hybridized carbons (Fsp3) is 0.333. The Hall–Kier alpha value is -0.340. The molecule has 0 radical (unpaired) electrons. The molecule has 1 aromatic carbocycles. The van der Waals surface area contributed by atoms with Crippen molar-refractivity contribution in [1.82, 2.24) is 0 Å². The van der Waals surface area contributed by atoms with Crippen LogP contribution in [0.4, 0.5) is 8.78 Å². The van der Waals surface area contributed by atoms with Gasteiger partial charge < -0.3 is 0 Å². The molecule has 72 valence electrons. The van der Waals surface area contributed by atoms with Crippen molar-refractivity contribution < 1.29 is 8.78 Å². The topological polar surface area (TPSA) is 0 Å². The van der Waals surface area contributed by atoms with Gasteiger partial charge in [0.2, 0.25) is 0 Å². The molecule has 1 atom stereocenters. The highest BCUT2D eigenvalue weighted by Gasteiger charge is 2.33. The van der Waals surface area contributed by atoms with E-state index in [0.717, 1.165) is 6.92 Å². The second-order valence-electron chi connectivity index (χ2n) is 2.87. The maximum absolute atomic E-state index is 12.7. The van der Waals surface area contributed by atoms with E-state index < -0.39 is 11.3 Å². The molecule has 13 heavy (non-hydrogen) atoms. The van der Waals surface area contributed by atoms with Crippen molar-refractivity contribution >= 4 is 23.2 Å². The predicted octanol–water partition coefficient (Wildman–Crippen LogP) is 4.28. The Balaban J connectivity index is 2.90. The van der Waals surface area contributed by atoms with Crippen LogP contribution in [0.15, 0.2) is 24.3 Å². The molecule has 0 aliphatic rings. The lowest BCUT2D eigenvalue weighted by Gasteiger charge is -2.17. The highest BCUT2D eigenvalue weighted by atomic mass is 35.5. The third-order valence-corrected chi connectivity index (χ3v) is 2.49. The molecule has 0 spiro atoms. The molecule has 0 saturated carbocycles. The van der Waals surface area contributed by atoms with Crippen molar-refractivity contribution in [3.63, 3.8) is 0 Å². The Morgan fingerprint density at radius 3 is 2.08 bits per heavy atom. The minimum absolute atomic E-state index is 0.374. The summed E-state index contributed by atoms with van der Waals surface area (Å²) in [4.78, 5) is 0. The van der Waals surface area contributed by atoms with E-state index in [-0.39, 0.29) is 0 Å². The first-order valence-electron chi connectivity index (χ1n) is 3.68. The summed E-state index contributed by atoms with van der Waals surface area (Å²) in [5.74, 6) is -2.92. The van der Waals surface area contributed by atoms with Gasteiger partial charge in [-0.1, -0.05) is 23.7 Å². The van der Waals surface area contributed by atoms with Crippen molar-refractivity contribution in [1.29, 1.82) is 0 Å². The zero-order valence-electron chi connectivity index (χ0n) is 6.90. The van der Waals surface area contributed by atoms with Crippen LogP contribution in [0, 0.1) is 0 Å². The molecule has 1 unspecified atom stereocenters. The van der Waals surface area contributed by atoms with Crippen LogP contribution in [0.1, 0.15) is 17.9 Å². The first kappa shape index (κ1) is 10.7. The maximum atomic E-state index is 12.7. The summed E-state index contributed by atoms with van der Waals surface area (Å²) in [6, 6.07) is 6.07. The summed E-state index contributed by atoms with van der Waals surface area (Å²) in [5.41, 5.74) is 0.374. The number of alkyl halides is 3. The van der Waals surface area contributed by atoms with E-state index in [1.165, 1.54) is 24.3 Å². The SMILES string of the molecule is CC(F)(F)C(Cl)c1ccc(Cl)cc1. The molecule has 0 saturated heterocycles. The average molecular weight is 225 g/mol. The van der Waals surface area contributed by atoms with Crippen LogP contribution in [0.2, 0.25) is 5.02 Å². The molecular weight excluding hydrogens is 217 g/mol. The van der Waals surface area contributed by atoms with Crippen LogP contribution in [0.25, 0.3) is 0 Å². The Kier molecular flexibility index (Phi) is 3.14. The number of halogens is 4. The van der Waals surface area contributed by atoms with Crippen LogP contribution in [-0.4, -0.2) is 5.92 Å². The van der Waals surface area contributed by atoms with E-state index >= 15 is 0 Å². The molecule has 0 heterocycles. The van der Waals surface area contributed by atoms with E-state index in [0.29, 0.717) is 10.6 Å². The fourth-order valence-electron chi connectivity index (χ4n) is 0.924. The largest absolute Gasteiger partial charge is 0.265 e. The van der Waals surface area contributed by atoms with Gasteiger partial charge in [-0.15, -0.1) is 11.6 Å². The summed E-state index contributed by atoms with van der Waals surface area (Å²) >= 11 is 11.1. The summed E-state index contributed by atoms with van der Waals surface area (Å²) in [5, 5.41) is -0.795. The second kappa shape index (κ2) is 3.81. The van der Waals surface area contributed by atoms with E-state index in [2.05, 4.69) is 0 Å². The van der Waals surface area contributed by atoms with E-state index in [4.69, 9.17) is 23.2 Å². The molecule has 0 fully saturated rings. The lowest BCUT2D eigenvalue weighted by Crippen LogP contribution is -2.17. The number of rotatable bonds is 2. The van der Waals surface area contributed by atoms with Crippen LogP contribution in [0.5, 0.6) is 0 Å². The predicted molar refractivity (Wildman–Crippen MR) is 50.7 cm³/mol. The number of hydrogen-bond acceptors (Lipinski definition) is 0. The molecule has 0 aromatic heterocycles. The maximum Gasteiger partial charge on any atom is 0.265 e. The van der Waals surface area contributed by atoms with Crippen LogP contribution in [0.3, 0.4) is 0 Å². The molecule has 0 amide bonds. The molecule has 1 aromatic rings. The van der Waals surface area contributed by atoms with Crippen molar-refractivity contribution in [2.75, 3.05) is 0 Å². The van der Waals surface area contributed by atoms with Crippen LogP contribution in [-0.2, 0) is 0 Å². The van der Waals surface area contributed by atoms with E-state index in [1.807, 2.05) is 0 Å². The van der Waals surface area contributed by atoms with Gasteiger partial charge in [0, 0.05) is 11.9 Å². The zero-order chi connectivity index (χ0) is 10.1. The molecule has 0 aliphatic heterocycles. The van der Waals surface area contributed by atoms with E-state index in [9.17, 15) is 8.78 Å². The first-order chi connectivity index (χ1) is 5.91. The highest BCUT2D eigenvalue weighted by Crippen LogP contribution is 2.36. The lowest BCUT2D eigenvalue weighted by molar-refractivity contribution is 0.0169. The molecule has 0 aliphatic carbocycles. The summed E-state index contributed by atoms with van der Waals surface area (Å²) in [6.07, 6.45) is 0. The Labute approximate surface area is 85.5 Å². The molecule has 0 bridgehead atoms.